The van der Waals surface area contributed by atoms with Crippen LogP contribution in [0.2, 0.25) is 0 Å². The fourth-order valence-electron chi connectivity index (χ4n) is 5.78. The van der Waals surface area contributed by atoms with Crippen LogP contribution in [0.25, 0.3) is 6.08 Å². The number of hydrogen-bond donors (Lipinski definition) is 6. The van der Waals surface area contributed by atoms with Crippen LogP contribution in [0.4, 0.5) is 10.1 Å². The van der Waals surface area contributed by atoms with Crippen LogP contribution in [0, 0.1) is 18.7 Å². The number of β-lactam (4-membered cyclic amide) rings is 1. The van der Waals surface area contributed by atoms with Crippen LogP contribution in [-0.2, 0) is 9.53 Å². The molecule has 2 aliphatic rings. The van der Waals surface area contributed by atoms with E-state index in [0.29, 0.717) is 28.8 Å². The van der Waals surface area contributed by atoms with Crippen molar-refractivity contribution in [3.05, 3.63) is 101 Å². The molecule has 0 aromatic heterocycles. The van der Waals surface area contributed by atoms with Crippen LogP contribution in [-0.4, -0.2) is 73.7 Å². The lowest BCUT2D eigenvalue weighted by Crippen LogP contribution is -2.57. The van der Waals surface area contributed by atoms with E-state index in [9.17, 15) is 39.8 Å². The first-order chi connectivity index (χ1) is 20.6. The number of aliphatic hydroxyl groups is 5. The third kappa shape index (κ3) is 6.35. The molecule has 0 spiro atoms. The van der Waals surface area contributed by atoms with Crippen molar-refractivity contribution < 1.29 is 44.6 Å². The molecular formula is C33H36FNO8. The Kier molecular flexibility index (Phi) is 9.26. The predicted octanol–water partition coefficient (Wildman–Crippen LogP) is 2.91. The van der Waals surface area contributed by atoms with Crippen molar-refractivity contribution in [2.45, 2.75) is 62.4 Å². The van der Waals surface area contributed by atoms with E-state index < -0.39 is 61.0 Å². The number of benzene rings is 3. The standard InChI is InChI=1S/C33H36FNO8/c1-18-2-10-22(11-3-18)35-29(24(33(35)42)13-14-25(37)20-6-8-21(34)9-7-20)23-12-4-19(16-26(23)38)5-15-27-30(39)32(41)31(40)28(17-36)43-27/h2-12,15-16,24-25,27-32,36-41H,13-14,17H2,1H3/b15-5+/t24-,25+,27+,28?,29-,30?,31+,32-/m1/s1. The second kappa shape index (κ2) is 12.9. The second-order valence-corrected chi connectivity index (χ2v) is 11.2. The molecule has 2 fully saturated rings. The maximum atomic E-state index is 13.4. The van der Waals surface area contributed by atoms with E-state index in [-0.39, 0.29) is 18.1 Å². The molecule has 0 radical (unpaired) electrons. The summed E-state index contributed by atoms with van der Waals surface area (Å²) in [6, 6.07) is 17.5. The molecule has 0 aliphatic carbocycles. The number of aromatic hydroxyl groups is 1. The molecule has 2 aliphatic heterocycles. The maximum absolute atomic E-state index is 13.4. The Morgan fingerprint density at radius 1 is 0.977 bits per heavy atom. The Hall–Kier alpha value is -3.64. The number of phenols is 1. The Morgan fingerprint density at radius 3 is 2.33 bits per heavy atom. The summed E-state index contributed by atoms with van der Waals surface area (Å²) in [7, 11) is 0. The molecule has 3 aromatic rings. The Bertz CT molecular complexity index is 1440. The fraction of sp³-hybridized carbons (Fsp3) is 0.364. The van der Waals surface area contributed by atoms with E-state index >= 15 is 0 Å². The van der Waals surface area contributed by atoms with Gasteiger partial charge in [-0.2, -0.15) is 0 Å². The molecule has 2 saturated heterocycles. The first kappa shape index (κ1) is 30.8. The molecule has 43 heavy (non-hydrogen) atoms. The average Bonchev–Trinajstić information content (AvgIpc) is 3.00. The van der Waals surface area contributed by atoms with E-state index in [1.807, 2.05) is 31.2 Å². The minimum absolute atomic E-state index is 0.0605. The molecule has 6 N–H and O–H groups in total. The lowest BCUT2D eigenvalue weighted by molar-refractivity contribution is -0.216. The SMILES string of the molecule is Cc1ccc(N2C(=O)[C@H](CC[C@H](O)c3ccc(F)cc3)[C@H]2c2ccc(/C=C/[C@@H]3OC(CO)[C@H](O)[C@H](O)C3O)cc2O)cc1. The highest BCUT2D eigenvalue weighted by molar-refractivity contribution is 6.03. The molecule has 3 aromatic carbocycles. The zero-order chi connectivity index (χ0) is 30.8. The number of anilines is 1. The number of aryl methyl sites for hydroxylation is 1. The molecule has 0 bridgehead atoms. The first-order valence-electron chi connectivity index (χ1n) is 14.2. The van der Waals surface area contributed by atoms with E-state index in [0.717, 1.165) is 5.56 Å². The molecule has 8 atom stereocenters. The van der Waals surface area contributed by atoms with E-state index in [4.69, 9.17) is 4.74 Å². The van der Waals surface area contributed by atoms with Gasteiger partial charge in [-0.1, -0.05) is 54.1 Å². The number of rotatable bonds is 9. The van der Waals surface area contributed by atoms with Gasteiger partial charge in [-0.25, -0.2) is 4.39 Å². The molecule has 0 saturated carbocycles. The Labute approximate surface area is 248 Å². The van der Waals surface area contributed by atoms with Crippen LogP contribution in [0.1, 0.15) is 47.2 Å². The molecule has 10 heteroatoms. The van der Waals surface area contributed by atoms with Gasteiger partial charge in [-0.3, -0.25) is 4.79 Å². The van der Waals surface area contributed by atoms with Crippen molar-refractivity contribution in [2.75, 3.05) is 11.5 Å². The second-order valence-electron chi connectivity index (χ2n) is 11.2. The van der Waals surface area contributed by atoms with Crippen molar-refractivity contribution in [3.63, 3.8) is 0 Å². The number of halogens is 1. The van der Waals surface area contributed by atoms with E-state index in [1.54, 1.807) is 23.1 Å². The number of phenolic OH excluding ortho intramolecular Hbond substituents is 1. The van der Waals surface area contributed by atoms with Crippen LogP contribution >= 0.6 is 0 Å². The maximum Gasteiger partial charge on any atom is 0.233 e. The predicted molar refractivity (Wildman–Crippen MR) is 156 cm³/mol. The largest absolute Gasteiger partial charge is 0.508 e. The molecule has 2 unspecified atom stereocenters. The van der Waals surface area contributed by atoms with Gasteiger partial charge in [0, 0.05) is 11.3 Å². The number of carbonyl (C=O) groups is 1. The van der Waals surface area contributed by atoms with Gasteiger partial charge in [0.1, 0.15) is 42.1 Å². The third-order valence-corrected chi connectivity index (χ3v) is 8.31. The summed E-state index contributed by atoms with van der Waals surface area (Å²) in [5.74, 6) is -1.11. The summed E-state index contributed by atoms with van der Waals surface area (Å²) in [6.45, 7) is 1.41. The van der Waals surface area contributed by atoms with Crippen LogP contribution in [0.5, 0.6) is 5.75 Å². The van der Waals surface area contributed by atoms with Gasteiger partial charge in [0.05, 0.1) is 24.7 Å². The molecule has 2 heterocycles. The highest BCUT2D eigenvalue weighted by Gasteiger charge is 2.49. The minimum atomic E-state index is -1.50. The third-order valence-electron chi connectivity index (χ3n) is 8.31. The van der Waals surface area contributed by atoms with E-state index in [1.165, 1.54) is 36.4 Å². The minimum Gasteiger partial charge on any atom is -0.508 e. The molecule has 9 nitrogen and oxygen atoms in total. The Morgan fingerprint density at radius 2 is 1.67 bits per heavy atom. The van der Waals surface area contributed by atoms with Crippen molar-refractivity contribution in [1.82, 2.24) is 0 Å². The number of hydrogen-bond acceptors (Lipinski definition) is 8. The van der Waals surface area contributed by atoms with Gasteiger partial charge < -0.3 is 40.3 Å². The number of carbonyl (C=O) groups excluding carboxylic acids is 1. The summed E-state index contributed by atoms with van der Waals surface area (Å²) < 4.78 is 18.8. The smallest absolute Gasteiger partial charge is 0.233 e. The van der Waals surface area contributed by atoms with E-state index in [2.05, 4.69) is 0 Å². The molecule has 1 amide bonds. The van der Waals surface area contributed by atoms with Crippen LogP contribution < -0.4 is 4.90 Å². The van der Waals surface area contributed by atoms with Gasteiger partial charge in [0.25, 0.3) is 0 Å². The average molecular weight is 594 g/mol. The lowest BCUT2D eigenvalue weighted by Gasteiger charge is -2.48. The number of ether oxygens (including phenoxy) is 1. The highest BCUT2D eigenvalue weighted by atomic mass is 19.1. The van der Waals surface area contributed by atoms with Gasteiger partial charge >= 0.3 is 0 Å². The first-order valence-corrected chi connectivity index (χ1v) is 14.2. The summed E-state index contributed by atoms with van der Waals surface area (Å²) in [5, 5.41) is 61.6. The summed E-state index contributed by atoms with van der Waals surface area (Å²) in [6.07, 6.45) is -3.65. The Balaban J connectivity index is 1.37. The van der Waals surface area contributed by atoms with Crippen molar-refractivity contribution >= 4 is 17.7 Å². The number of aliphatic hydroxyl groups excluding tert-OH is 5. The zero-order valence-electron chi connectivity index (χ0n) is 23.6. The summed E-state index contributed by atoms with van der Waals surface area (Å²) in [5.41, 5.74) is 3.34. The normalized spacial score (nSPS) is 28.2. The van der Waals surface area contributed by atoms with Crippen molar-refractivity contribution in [1.29, 1.82) is 0 Å². The molecule has 228 valence electrons. The topological polar surface area (TPSA) is 151 Å². The van der Waals surface area contributed by atoms with Crippen LogP contribution in [0.3, 0.4) is 0 Å². The number of nitrogens with zero attached hydrogens (tertiary/aromatic N) is 1. The van der Waals surface area contributed by atoms with Crippen LogP contribution in [0.15, 0.2) is 72.8 Å². The highest BCUT2D eigenvalue weighted by Crippen LogP contribution is 2.48. The summed E-state index contributed by atoms with van der Waals surface area (Å²) >= 11 is 0. The van der Waals surface area contributed by atoms with Gasteiger partial charge in [-0.05, 0) is 61.2 Å². The monoisotopic (exact) mass is 593 g/mol. The van der Waals surface area contributed by atoms with Gasteiger partial charge in [0.2, 0.25) is 5.91 Å². The van der Waals surface area contributed by atoms with Crippen molar-refractivity contribution in [3.8, 4) is 5.75 Å². The molecular weight excluding hydrogens is 557 g/mol. The quantitative estimate of drug-likeness (QED) is 0.207. The van der Waals surface area contributed by atoms with Gasteiger partial charge in [0.15, 0.2) is 0 Å². The fourth-order valence-corrected chi connectivity index (χ4v) is 5.78. The lowest BCUT2D eigenvalue weighted by atomic mass is 9.77. The summed E-state index contributed by atoms with van der Waals surface area (Å²) in [4.78, 5) is 15.1. The van der Waals surface area contributed by atoms with Crippen molar-refractivity contribution in [2.24, 2.45) is 5.92 Å². The molecule has 5 rings (SSSR count). The van der Waals surface area contributed by atoms with Gasteiger partial charge in [-0.15, -0.1) is 0 Å². The zero-order valence-corrected chi connectivity index (χ0v) is 23.6. The number of amides is 1.